The van der Waals surface area contributed by atoms with E-state index in [1.165, 1.54) is 10.5 Å². The van der Waals surface area contributed by atoms with Gasteiger partial charge < -0.3 is 15.1 Å². The maximum Gasteiger partial charge on any atom is 0.251 e. The number of nitrogens with zero attached hydrogens (tertiary/aromatic N) is 2. The van der Waals surface area contributed by atoms with Crippen LogP contribution in [-0.4, -0.2) is 53.9 Å². The normalized spacial score (nSPS) is 16.0. The molecule has 0 spiro atoms. The van der Waals surface area contributed by atoms with Crippen molar-refractivity contribution in [3.05, 3.63) is 65.5 Å². The molecule has 1 aromatic heterocycles. The zero-order valence-corrected chi connectivity index (χ0v) is 15.9. The molecule has 1 saturated heterocycles. The number of aryl methyl sites for hydroxylation is 1. The molecule has 27 heavy (non-hydrogen) atoms. The summed E-state index contributed by atoms with van der Waals surface area (Å²) in [6, 6.07) is 10.9. The van der Waals surface area contributed by atoms with E-state index in [0.29, 0.717) is 18.7 Å². The smallest absolute Gasteiger partial charge is 0.251 e. The zero-order chi connectivity index (χ0) is 19.2. The number of benzene rings is 1. The molecule has 0 bridgehead atoms. The first-order valence-corrected chi connectivity index (χ1v) is 9.42. The maximum absolute atomic E-state index is 12.7. The molecule has 1 aliphatic heterocycles. The number of aromatic nitrogens is 1. The lowest BCUT2D eigenvalue weighted by Crippen LogP contribution is -3.13. The molecule has 6 heteroatoms. The third kappa shape index (κ3) is 5.14. The van der Waals surface area contributed by atoms with E-state index in [9.17, 15) is 9.59 Å². The number of hydrogen-bond acceptors (Lipinski definition) is 3. The minimum atomic E-state index is -0.528. The number of rotatable bonds is 5. The summed E-state index contributed by atoms with van der Waals surface area (Å²) >= 11 is 0. The maximum atomic E-state index is 12.7. The van der Waals surface area contributed by atoms with Crippen molar-refractivity contribution in [1.29, 1.82) is 0 Å². The van der Waals surface area contributed by atoms with E-state index in [-0.39, 0.29) is 11.8 Å². The fourth-order valence-electron chi connectivity index (χ4n) is 3.41. The van der Waals surface area contributed by atoms with Gasteiger partial charge in [-0.15, -0.1) is 0 Å². The molecule has 1 fully saturated rings. The summed E-state index contributed by atoms with van der Waals surface area (Å²) in [5.41, 5.74) is 2.87. The Hall–Kier alpha value is -2.73. The number of carbonyl (C=O) groups is 2. The first-order chi connectivity index (χ1) is 13.0. The number of nitrogens with one attached hydrogen (secondary N) is 2. The van der Waals surface area contributed by atoms with Crippen molar-refractivity contribution in [2.24, 2.45) is 0 Å². The van der Waals surface area contributed by atoms with Crippen LogP contribution >= 0.6 is 0 Å². The number of carbonyl (C=O) groups excluding carboxylic acids is 2. The van der Waals surface area contributed by atoms with Gasteiger partial charge in [0.1, 0.15) is 12.6 Å². The zero-order valence-electron chi connectivity index (χ0n) is 15.9. The van der Waals surface area contributed by atoms with E-state index in [2.05, 4.69) is 10.3 Å². The fraction of sp³-hybridized carbons (Fsp3) is 0.381. The highest BCUT2D eigenvalue weighted by molar-refractivity contribution is 5.97. The molecule has 3 rings (SSSR count). The van der Waals surface area contributed by atoms with Crippen molar-refractivity contribution in [3.8, 4) is 0 Å². The van der Waals surface area contributed by atoms with Crippen LogP contribution in [0.3, 0.4) is 0 Å². The van der Waals surface area contributed by atoms with Crippen LogP contribution in [0.1, 0.15) is 28.4 Å². The summed E-state index contributed by atoms with van der Waals surface area (Å²) in [6.45, 7) is 7.89. The molecular weight excluding hydrogens is 340 g/mol. The van der Waals surface area contributed by atoms with Crippen molar-refractivity contribution in [1.82, 2.24) is 15.2 Å². The third-order valence-electron chi connectivity index (χ3n) is 4.98. The minimum Gasteiger partial charge on any atom is -0.341 e. The highest BCUT2D eigenvalue weighted by atomic mass is 16.2. The average molecular weight is 367 g/mol. The lowest BCUT2D eigenvalue weighted by molar-refractivity contribution is -0.917. The topological polar surface area (TPSA) is 66.7 Å². The van der Waals surface area contributed by atoms with E-state index < -0.39 is 6.04 Å². The van der Waals surface area contributed by atoms with Gasteiger partial charge in [0.15, 0.2) is 0 Å². The molecule has 2 amide bonds. The Morgan fingerprint density at radius 1 is 1.19 bits per heavy atom. The Morgan fingerprint density at radius 2 is 1.89 bits per heavy atom. The molecule has 1 aliphatic rings. The van der Waals surface area contributed by atoms with Crippen LogP contribution in [0.25, 0.3) is 0 Å². The summed E-state index contributed by atoms with van der Waals surface area (Å²) in [4.78, 5) is 32.4. The van der Waals surface area contributed by atoms with Gasteiger partial charge in [0, 0.05) is 23.5 Å². The number of amides is 2. The van der Waals surface area contributed by atoms with Gasteiger partial charge in [-0.05, 0) is 38.1 Å². The van der Waals surface area contributed by atoms with Crippen LogP contribution in [-0.2, 0) is 11.3 Å². The van der Waals surface area contributed by atoms with Crippen LogP contribution < -0.4 is 10.2 Å². The van der Waals surface area contributed by atoms with Gasteiger partial charge in [-0.3, -0.25) is 14.6 Å². The molecule has 0 unspecified atom stereocenters. The second kappa shape index (κ2) is 8.77. The number of quaternary nitrogens is 1. The van der Waals surface area contributed by atoms with Crippen molar-refractivity contribution in [2.75, 3.05) is 26.2 Å². The molecule has 6 nitrogen and oxygen atoms in total. The third-order valence-corrected chi connectivity index (χ3v) is 4.98. The summed E-state index contributed by atoms with van der Waals surface area (Å²) in [6.07, 6.45) is 3.63. The van der Waals surface area contributed by atoms with Gasteiger partial charge in [0.2, 0.25) is 5.91 Å². The first-order valence-electron chi connectivity index (χ1n) is 9.42. The molecule has 2 aromatic rings. The van der Waals surface area contributed by atoms with Gasteiger partial charge in [0.05, 0.1) is 26.2 Å². The second-order valence-corrected chi connectivity index (χ2v) is 7.17. The van der Waals surface area contributed by atoms with Crippen LogP contribution in [0.5, 0.6) is 0 Å². The van der Waals surface area contributed by atoms with E-state index in [1.54, 1.807) is 13.0 Å². The lowest BCUT2D eigenvalue weighted by Gasteiger charge is -2.33. The molecule has 0 aliphatic carbocycles. The van der Waals surface area contributed by atoms with Gasteiger partial charge in [-0.1, -0.05) is 17.7 Å². The van der Waals surface area contributed by atoms with Crippen molar-refractivity contribution < 1.29 is 14.5 Å². The molecule has 0 radical (unpaired) electrons. The lowest BCUT2D eigenvalue weighted by atomic mass is 10.1. The van der Waals surface area contributed by atoms with Crippen molar-refractivity contribution in [2.45, 2.75) is 26.4 Å². The average Bonchev–Trinajstić information content (AvgIpc) is 2.69. The van der Waals surface area contributed by atoms with Crippen LogP contribution in [0, 0.1) is 6.92 Å². The molecule has 0 saturated carbocycles. The van der Waals surface area contributed by atoms with Gasteiger partial charge >= 0.3 is 0 Å². The van der Waals surface area contributed by atoms with E-state index in [4.69, 9.17) is 0 Å². The first kappa shape index (κ1) is 19.0. The Labute approximate surface area is 160 Å². The van der Waals surface area contributed by atoms with Crippen LogP contribution in [0.15, 0.2) is 48.8 Å². The largest absolute Gasteiger partial charge is 0.341 e. The summed E-state index contributed by atoms with van der Waals surface area (Å²) in [7, 11) is 0. The Kier molecular flexibility index (Phi) is 6.19. The Morgan fingerprint density at radius 3 is 2.56 bits per heavy atom. The monoisotopic (exact) mass is 367 g/mol. The molecular formula is C21H27N4O2+. The SMILES string of the molecule is Cc1cccc(C(=O)N[C@@H](C)C(=O)N2CC[NH+](Cc3ccncc3)CC2)c1. The van der Waals surface area contributed by atoms with E-state index in [1.807, 2.05) is 54.5 Å². The standard InChI is InChI=1S/C21H26N4O2/c1-16-4-3-5-19(14-16)20(26)23-17(2)21(27)25-12-10-24(11-13-25)15-18-6-8-22-9-7-18/h3-9,14,17H,10-13,15H2,1-2H3,(H,23,26)/p+1/t17-/m0/s1. The summed E-state index contributed by atoms with van der Waals surface area (Å²) in [5.74, 6) is -0.222. The number of piperazine rings is 1. The fourth-order valence-corrected chi connectivity index (χ4v) is 3.41. The Bertz CT molecular complexity index is 786. The van der Waals surface area contributed by atoms with Crippen LogP contribution in [0.2, 0.25) is 0 Å². The number of hydrogen-bond donors (Lipinski definition) is 2. The molecule has 2 N–H and O–H groups in total. The van der Waals surface area contributed by atoms with Crippen LogP contribution in [0.4, 0.5) is 0 Å². The van der Waals surface area contributed by atoms with E-state index >= 15 is 0 Å². The molecule has 1 aromatic carbocycles. The van der Waals surface area contributed by atoms with Crippen molar-refractivity contribution >= 4 is 11.8 Å². The second-order valence-electron chi connectivity index (χ2n) is 7.17. The quantitative estimate of drug-likeness (QED) is 0.806. The van der Waals surface area contributed by atoms with Gasteiger partial charge in [-0.25, -0.2) is 0 Å². The molecule has 1 atom stereocenters. The Balaban J connectivity index is 1.49. The van der Waals surface area contributed by atoms with E-state index in [0.717, 1.165) is 25.2 Å². The summed E-state index contributed by atoms with van der Waals surface area (Å²) < 4.78 is 0. The molecule has 142 valence electrons. The van der Waals surface area contributed by atoms with Gasteiger partial charge in [-0.2, -0.15) is 0 Å². The highest BCUT2D eigenvalue weighted by Crippen LogP contribution is 2.05. The van der Waals surface area contributed by atoms with Crippen molar-refractivity contribution in [3.63, 3.8) is 0 Å². The highest BCUT2D eigenvalue weighted by Gasteiger charge is 2.27. The minimum absolute atomic E-state index is 0.0148. The summed E-state index contributed by atoms with van der Waals surface area (Å²) in [5, 5.41) is 2.83. The predicted octanol–water partition coefficient (Wildman–Crippen LogP) is 0.436. The number of pyridine rings is 1. The molecule has 2 heterocycles. The predicted molar refractivity (Wildman–Crippen MR) is 103 cm³/mol. The van der Waals surface area contributed by atoms with Gasteiger partial charge in [0.25, 0.3) is 5.91 Å².